The molecule has 130 valence electrons. The summed E-state index contributed by atoms with van der Waals surface area (Å²) in [6.45, 7) is 4.17. The summed E-state index contributed by atoms with van der Waals surface area (Å²) in [7, 11) is -2.83. The highest BCUT2D eigenvalue weighted by atomic mass is 32.2. The first-order valence-electron chi connectivity index (χ1n) is 8.13. The fraction of sp³-hybridized carbons (Fsp3) is 0.600. The Labute approximate surface area is 144 Å². The predicted octanol–water partition coefficient (Wildman–Crippen LogP) is 0.0607. The zero-order valence-electron chi connectivity index (χ0n) is 13.3. The second-order valence-corrected chi connectivity index (χ2v) is 9.61. The van der Waals surface area contributed by atoms with Gasteiger partial charge in [-0.2, -0.15) is 0 Å². The molecule has 4 rings (SSSR count). The summed E-state index contributed by atoms with van der Waals surface area (Å²) in [5.74, 6) is 0.632. The van der Waals surface area contributed by atoms with E-state index in [4.69, 9.17) is 0 Å². The van der Waals surface area contributed by atoms with Crippen LogP contribution in [0.1, 0.15) is 12.1 Å². The van der Waals surface area contributed by atoms with Gasteiger partial charge in [-0.15, -0.1) is 11.3 Å². The van der Waals surface area contributed by atoms with Crippen LogP contribution >= 0.6 is 11.3 Å². The van der Waals surface area contributed by atoms with Crippen LogP contribution < -0.4 is 5.56 Å². The van der Waals surface area contributed by atoms with Gasteiger partial charge in [0.05, 0.1) is 17.2 Å². The van der Waals surface area contributed by atoms with E-state index in [0.717, 1.165) is 43.3 Å². The minimum absolute atomic E-state index is 0.0361. The average molecular weight is 368 g/mol. The molecule has 1 atom stereocenters. The lowest BCUT2D eigenvalue weighted by Gasteiger charge is -2.37. The van der Waals surface area contributed by atoms with Crippen LogP contribution in [0.2, 0.25) is 0 Å². The molecule has 0 amide bonds. The largest absolute Gasteiger partial charge is 0.297 e. The fourth-order valence-electron chi connectivity index (χ4n) is 3.55. The van der Waals surface area contributed by atoms with Gasteiger partial charge in [0.1, 0.15) is 0 Å². The van der Waals surface area contributed by atoms with Crippen molar-refractivity contribution in [3.63, 3.8) is 0 Å². The van der Waals surface area contributed by atoms with E-state index in [2.05, 4.69) is 14.8 Å². The molecular formula is C15H20N4O3S2. The first-order chi connectivity index (χ1) is 11.5. The highest BCUT2D eigenvalue weighted by Gasteiger charge is 2.33. The lowest BCUT2D eigenvalue weighted by Crippen LogP contribution is -2.50. The molecule has 0 aromatic carbocycles. The first-order valence-corrected chi connectivity index (χ1v) is 10.8. The molecule has 0 saturated carbocycles. The molecule has 2 aliphatic heterocycles. The number of fused-ring (bicyclic) bond motifs is 1. The molecule has 0 unspecified atom stereocenters. The van der Waals surface area contributed by atoms with Gasteiger partial charge in [0, 0.05) is 56.4 Å². The molecule has 9 heteroatoms. The highest BCUT2D eigenvalue weighted by Crippen LogP contribution is 2.19. The van der Waals surface area contributed by atoms with E-state index in [0.29, 0.717) is 18.1 Å². The summed E-state index contributed by atoms with van der Waals surface area (Å²) in [5.41, 5.74) is 0.769. The van der Waals surface area contributed by atoms with Crippen molar-refractivity contribution in [1.29, 1.82) is 0 Å². The van der Waals surface area contributed by atoms with E-state index in [9.17, 15) is 13.2 Å². The van der Waals surface area contributed by atoms with E-state index in [1.54, 1.807) is 16.7 Å². The zero-order chi connectivity index (χ0) is 16.7. The molecule has 7 nitrogen and oxygen atoms in total. The molecule has 0 bridgehead atoms. The summed E-state index contributed by atoms with van der Waals surface area (Å²) in [6, 6.07) is 1.79. The lowest BCUT2D eigenvalue weighted by molar-refractivity contribution is 0.0993. The van der Waals surface area contributed by atoms with Gasteiger partial charge in [0.25, 0.3) is 5.56 Å². The van der Waals surface area contributed by atoms with Crippen molar-refractivity contribution in [3.05, 3.63) is 33.7 Å². The summed E-state index contributed by atoms with van der Waals surface area (Å²) in [5, 5.41) is 1.86. The third-order valence-electron chi connectivity index (χ3n) is 4.87. The Morgan fingerprint density at radius 3 is 2.75 bits per heavy atom. The molecule has 2 aromatic rings. The smallest absolute Gasteiger partial charge is 0.258 e. The number of sulfone groups is 1. The minimum atomic E-state index is -2.83. The van der Waals surface area contributed by atoms with Gasteiger partial charge in [-0.25, -0.2) is 13.4 Å². The number of hydrogen-bond donors (Lipinski definition) is 0. The van der Waals surface area contributed by atoms with Crippen molar-refractivity contribution in [3.8, 4) is 0 Å². The second-order valence-electron chi connectivity index (χ2n) is 6.51. The molecule has 2 fully saturated rings. The number of thiazole rings is 1. The molecule has 0 radical (unpaired) electrons. The SMILES string of the molecule is O=c1cc(CN2CCN([C@H]3CCS(=O)(=O)C3)CC2)nc2sccn12. The third-order valence-corrected chi connectivity index (χ3v) is 7.38. The van der Waals surface area contributed by atoms with Crippen LogP contribution in [0.25, 0.3) is 4.96 Å². The predicted molar refractivity (Wildman–Crippen MR) is 93.2 cm³/mol. The van der Waals surface area contributed by atoms with Crippen LogP contribution in [-0.2, 0) is 16.4 Å². The van der Waals surface area contributed by atoms with Gasteiger partial charge in [0.15, 0.2) is 14.8 Å². The Bertz CT molecular complexity index is 897. The maximum absolute atomic E-state index is 12.0. The van der Waals surface area contributed by atoms with Crippen molar-refractivity contribution in [2.24, 2.45) is 0 Å². The molecular weight excluding hydrogens is 348 g/mol. The van der Waals surface area contributed by atoms with E-state index in [1.165, 1.54) is 11.3 Å². The van der Waals surface area contributed by atoms with Gasteiger partial charge in [-0.3, -0.25) is 19.0 Å². The van der Waals surface area contributed by atoms with E-state index in [-0.39, 0.29) is 11.6 Å². The number of rotatable bonds is 3. The fourth-order valence-corrected chi connectivity index (χ4v) is 6.05. The van der Waals surface area contributed by atoms with Crippen molar-refractivity contribution in [2.45, 2.75) is 19.0 Å². The Balaban J connectivity index is 1.38. The van der Waals surface area contributed by atoms with Crippen LogP contribution in [0, 0.1) is 0 Å². The molecule has 0 aliphatic carbocycles. The van der Waals surface area contributed by atoms with Crippen LogP contribution in [0.15, 0.2) is 22.4 Å². The van der Waals surface area contributed by atoms with E-state index >= 15 is 0 Å². The maximum Gasteiger partial charge on any atom is 0.258 e. The van der Waals surface area contributed by atoms with Crippen molar-refractivity contribution < 1.29 is 8.42 Å². The number of nitrogens with zero attached hydrogens (tertiary/aromatic N) is 4. The molecule has 2 aliphatic rings. The molecule has 0 spiro atoms. The minimum Gasteiger partial charge on any atom is -0.297 e. The van der Waals surface area contributed by atoms with Crippen LogP contribution in [0.3, 0.4) is 0 Å². The number of piperazine rings is 1. The Kier molecular flexibility index (Phi) is 4.19. The second kappa shape index (κ2) is 6.21. The molecule has 4 heterocycles. The van der Waals surface area contributed by atoms with Gasteiger partial charge in [-0.1, -0.05) is 0 Å². The van der Waals surface area contributed by atoms with Crippen molar-refractivity contribution in [2.75, 3.05) is 37.7 Å². The van der Waals surface area contributed by atoms with Gasteiger partial charge in [-0.05, 0) is 6.42 Å². The lowest BCUT2D eigenvalue weighted by atomic mass is 10.2. The van der Waals surface area contributed by atoms with Crippen molar-refractivity contribution in [1.82, 2.24) is 19.2 Å². The van der Waals surface area contributed by atoms with Crippen LogP contribution in [0.4, 0.5) is 0 Å². The van der Waals surface area contributed by atoms with Crippen LogP contribution in [0.5, 0.6) is 0 Å². The van der Waals surface area contributed by atoms with Gasteiger partial charge < -0.3 is 0 Å². The summed E-state index contributed by atoms with van der Waals surface area (Å²) in [4.78, 5) is 21.9. The average Bonchev–Trinajstić information content (AvgIpc) is 3.14. The van der Waals surface area contributed by atoms with Gasteiger partial charge in [0.2, 0.25) is 0 Å². The summed E-state index contributed by atoms with van der Waals surface area (Å²) < 4.78 is 24.8. The standard InChI is InChI=1S/C15H20N4O3S2/c20-14-9-12(16-15-19(14)6-7-23-15)10-17-2-4-18(5-3-17)13-1-8-24(21,22)11-13/h6-7,9,13H,1-5,8,10-11H2/t13-/m0/s1. The highest BCUT2D eigenvalue weighted by molar-refractivity contribution is 7.91. The van der Waals surface area contributed by atoms with Crippen molar-refractivity contribution >= 4 is 26.1 Å². The number of hydrogen-bond acceptors (Lipinski definition) is 7. The Morgan fingerprint density at radius 1 is 1.25 bits per heavy atom. The topological polar surface area (TPSA) is 75.0 Å². The molecule has 0 N–H and O–H groups in total. The van der Waals surface area contributed by atoms with Crippen LogP contribution in [-0.4, -0.2) is 71.3 Å². The normalized spacial score (nSPS) is 25.4. The molecule has 2 aromatic heterocycles. The summed E-state index contributed by atoms with van der Waals surface area (Å²) >= 11 is 1.46. The zero-order valence-corrected chi connectivity index (χ0v) is 14.9. The van der Waals surface area contributed by atoms with Gasteiger partial charge >= 0.3 is 0 Å². The maximum atomic E-state index is 12.0. The number of aromatic nitrogens is 2. The summed E-state index contributed by atoms with van der Waals surface area (Å²) in [6.07, 6.45) is 2.50. The third kappa shape index (κ3) is 3.26. The Morgan fingerprint density at radius 2 is 2.04 bits per heavy atom. The monoisotopic (exact) mass is 368 g/mol. The molecule has 2 saturated heterocycles. The van der Waals surface area contributed by atoms with E-state index in [1.807, 2.05) is 5.38 Å². The van der Waals surface area contributed by atoms with E-state index < -0.39 is 9.84 Å². The first kappa shape index (κ1) is 16.2. The quantitative estimate of drug-likeness (QED) is 0.763. The Hall–Kier alpha value is -1.29. The molecule has 24 heavy (non-hydrogen) atoms.